The van der Waals surface area contributed by atoms with Crippen molar-refractivity contribution in [2.24, 2.45) is 5.92 Å². The summed E-state index contributed by atoms with van der Waals surface area (Å²) in [5.74, 6) is 2.86. The van der Waals surface area contributed by atoms with Crippen LogP contribution in [0.15, 0.2) is 24.4 Å². The molecule has 2 atom stereocenters. The molecule has 36 heavy (non-hydrogen) atoms. The second kappa shape index (κ2) is 11.3. The molecule has 0 spiro atoms. The third kappa shape index (κ3) is 5.27. The maximum Gasteiger partial charge on any atom is 0.141 e. The molecule has 10 heteroatoms. The Morgan fingerprint density at radius 2 is 1.78 bits per heavy atom. The van der Waals surface area contributed by atoms with E-state index in [-0.39, 0.29) is 6.04 Å². The van der Waals surface area contributed by atoms with E-state index in [0.717, 1.165) is 68.0 Å². The highest BCUT2D eigenvalue weighted by atomic mass is 35.5. The van der Waals surface area contributed by atoms with Crippen molar-refractivity contribution in [1.29, 1.82) is 0 Å². The van der Waals surface area contributed by atoms with Crippen molar-refractivity contribution in [3.8, 4) is 22.8 Å². The first-order chi connectivity index (χ1) is 17.6. The van der Waals surface area contributed by atoms with E-state index in [1.165, 1.54) is 0 Å². The summed E-state index contributed by atoms with van der Waals surface area (Å²) in [6.07, 6.45) is 4.96. The lowest BCUT2D eigenvalue weighted by atomic mass is 10.1. The van der Waals surface area contributed by atoms with Gasteiger partial charge < -0.3 is 29.6 Å². The predicted octanol–water partition coefficient (Wildman–Crippen LogP) is 5.66. The lowest BCUT2D eigenvalue weighted by molar-refractivity contribution is 0.0875. The van der Waals surface area contributed by atoms with Crippen LogP contribution in [0, 0.1) is 5.92 Å². The van der Waals surface area contributed by atoms with E-state index < -0.39 is 0 Å². The summed E-state index contributed by atoms with van der Waals surface area (Å²) in [5.41, 5.74) is 1.15. The smallest absolute Gasteiger partial charge is 0.141 e. The molecule has 0 radical (unpaired) electrons. The Hall–Kier alpha value is -2.52. The number of ether oxygens (including phenoxy) is 4. The van der Waals surface area contributed by atoms with Gasteiger partial charge in [-0.1, -0.05) is 23.2 Å². The summed E-state index contributed by atoms with van der Waals surface area (Å²) in [4.78, 5) is 9.65. The summed E-state index contributed by atoms with van der Waals surface area (Å²) in [7, 11) is 3.11. The predicted molar refractivity (Wildman–Crippen MR) is 143 cm³/mol. The number of benzene rings is 1. The van der Waals surface area contributed by atoms with Crippen LogP contribution in [0.2, 0.25) is 10.0 Å². The first-order valence-electron chi connectivity index (χ1n) is 12.1. The highest BCUT2D eigenvalue weighted by Gasteiger charge is 2.22. The van der Waals surface area contributed by atoms with Crippen molar-refractivity contribution < 1.29 is 18.9 Å². The molecule has 2 aromatic heterocycles. The molecule has 4 heterocycles. The zero-order valence-electron chi connectivity index (χ0n) is 20.4. The van der Waals surface area contributed by atoms with Crippen molar-refractivity contribution in [3.63, 3.8) is 0 Å². The fourth-order valence-electron chi connectivity index (χ4n) is 4.65. The Kier molecular flexibility index (Phi) is 7.86. The second-order valence-corrected chi connectivity index (χ2v) is 9.86. The molecular formula is C26H30Cl2N4O4. The van der Waals surface area contributed by atoms with Gasteiger partial charge in [0.2, 0.25) is 0 Å². The van der Waals surface area contributed by atoms with Crippen molar-refractivity contribution >= 4 is 45.6 Å². The molecule has 0 aliphatic carbocycles. The minimum absolute atomic E-state index is 0.241. The van der Waals surface area contributed by atoms with Crippen LogP contribution >= 0.6 is 23.2 Å². The van der Waals surface area contributed by atoms with Crippen molar-refractivity contribution in [2.75, 3.05) is 57.8 Å². The van der Waals surface area contributed by atoms with Crippen LogP contribution in [0.25, 0.3) is 22.0 Å². The number of fused-ring (bicyclic) bond motifs is 1. The van der Waals surface area contributed by atoms with E-state index in [4.69, 9.17) is 47.1 Å². The summed E-state index contributed by atoms with van der Waals surface area (Å²) >= 11 is 13.4. The zero-order valence-corrected chi connectivity index (χ0v) is 21.9. The number of rotatable bonds is 8. The number of hydrogen-bond donors (Lipinski definition) is 2. The van der Waals surface area contributed by atoms with E-state index in [1.807, 2.05) is 18.3 Å². The Morgan fingerprint density at radius 1 is 1.00 bits per heavy atom. The molecule has 2 N–H and O–H groups in total. The van der Waals surface area contributed by atoms with E-state index >= 15 is 0 Å². The van der Waals surface area contributed by atoms with Gasteiger partial charge in [0.15, 0.2) is 0 Å². The number of methoxy groups -OCH3 is 2. The monoisotopic (exact) mass is 532 g/mol. The highest BCUT2D eigenvalue weighted by Crippen LogP contribution is 2.46. The Bertz CT molecular complexity index is 1200. The van der Waals surface area contributed by atoms with Crippen molar-refractivity contribution in [3.05, 3.63) is 34.4 Å². The standard InChI is InChI=1S/C26H30Cl2N4O4/c1-33-20-10-21(34-2)25(28)23(24(20)27)19-8-16-12-29-22(31-17-4-3-6-35-14-17)9-18(16)26(32-19)30-11-15-5-7-36-13-15/h8-10,12,15,17H,3-7,11,13-14H2,1-2H3,(H,29,31)(H,30,32). The van der Waals surface area contributed by atoms with Gasteiger partial charge in [-0.05, 0) is 31.4 Å². The molecule has 8 nitrogen and oxygen atoms in total. The van der Waals surface area contributed by atoms with Crippen molar-refractivity contribution in [1.82, 2.24) is 9.97 Å². The van der Waals surface area contributed by atoms with E-state index in [9.17, 15) is 0 Å². The van der Waals surface area contributed by atoms with Gasteiger partial charge in [-0.2, -0.15) is 0 Å². The molecule has 2 fully saturated rings. The molecule has 2 unspecified atom stereocenters. The van der Waals surface area contributed by atoms with Gasteiger partial charge >= 0.3 is 0 Å². The van der Waals surface area contributed by atoms with E-state index in [0.29, 0.717) is 45.3 Å². The van der Waals surface area contributed by atoms with Crippen LogP contribution in [-0.4, -0.2) is 63.2 Å². The van der Waals surface area contributed by atoms with Gasteiger partial charge in [0.05, 0.1) is 49.2 Å². The number of halogens is 2. The minimum atomic E-state index is 0.241. The Labute approximate surface area is 220 Å². The second-order valence-electron chi connectivity index (χ2n) is 9.10. The normalized spacial score (nSPS) is 19.9. The van der Waals surface area contributed by atoms with Gasteiger partial charge in [-0.25, -0.2) is 9.97 Å². The molecule has 0 saturated carbocycles. The van der Waals surface area contributed by atoms with Crippen LogP contribution in [0.1, 0.15) is 19.3 Å². The maximum absolute atomic E-state index is 6.72. The van der Waals surface area contributed by atoms with Crippen molar-refractivity contribution in [2.45, 2.75) is 25.3 Å². The summed E-state index contributed by atoms with van der Waals surface area (Å²) in [6, 6.07) is 5.88. The lowest BCUT2D eigenvalue weighted by Gasteiger charge is -2.24. The Morgan fingerprint density at radius 3 is 2.44 bits per heavy atom. The first-order valence-corrected chi connectivity index (χ1v) is 12.9. The molecule has 1 aromatic carbocycles. The molecule has 3 aromatic rings. The summed E-state index contributed by atoms with van der Waals surface area (Å²) in [5, 5.41) is 9.65. The fraction of sp³-hybridized carbons (Fsp3) is 0.462. The third-order valence-electron chi connectivity index (χ3n) is 6.64. The third-order valence-corrected chi connectivity index (χ3v) is 7.39. The van der Waals surface area contributed by atoms with Gasteiger partial charge in [-0.15, -0.1) is 0 Å². The molecule has 2 aliphatic rings. The number of hydrogen-bond acceptors (Lipinski definition) is 8. The first kappa shape index (κ1) is 25.1. The molecule has 192 valence electrons. The van der Waals surface area contributed by atoms with Crippen LogP contribution < -0.4 is 20.1 Å². The molecular weight excluding hydrogens is 503 g/mol. The molecule has 2 saturated heterocycles. The maximum atomic E-state index is 6.72. The average Bonchev–Trinajstić information content (AvgIpc) is 3.42. The SMILES string of the molecule is COc1cc(OC)c(Cl)c(-c2cc3cnc(NC4CCCOC4)cc3c(NCC3CCOC3)n2)c1Cl. The summed E-state index contributed by atoms with van der Waals surface area (Å²) < 4.78 is 22.1. The molecule has 2 aliphatic heterocycles. The largest absolute Gasteiger partial charge is 0.495 e. The molecule has 5 rings (SSSR count). The van der Waals surface area contributed by atoms with Gasteiger partial charge in [0, 0.05) is 54.3 Å². The van der Waals surface area contributed by atoms with Gasteiger partial charge in [0.1, 0.15) is 23.1 Å². The topological polar surface area (TPSA) is 86.8 Å². The summed E-state index contributed by atoms with van der Waals surface area (Å²) in [6.45, 7) is 3.77. The van der Waals surface area contributed by atoms with Crippen LogP contribution in [0.3, 0.4) is 0 Å². The number of anilines is 2. The lowest BCUT2D eigenvalue weighted by Crippen LogP contribution is -2.30. The quantitative estimate of drug-likeness (QED) is 0.384. The molecule has 0 amide bonds. The zero-order chi connectivity index (χ0) is 25.1. The minimum Gasteiger partial charge on any atom is -0.495 e. The molecule has 0 bridgehead atoms. The van der Waals surface area contributed by atoms with Crippen LogP contribution in [0.4, 0.5) is 11.6 Å². The van der Waals surface area contributed by atoms with Crippen LogP contribution in [0.5, 0.6) is 11.5 Å². The van der Waals surface area contributed by atoms with Gasteiger partial charge in [0.25, 0.3) is 0 Å². The van der Waals surface area contributed by atoms with Gasteiger partial charge in [-0.3, -0.25) is 0 Å². The highest BCUT2D eigenvalue weighted by molar-refractivity contribution is 6.41. The van der Waals surface area contributed by atoms with Crippen LogP contribution in [-0.2, 0) is 9.47 Å². The average molecular weight is 533 g/mol. The Balaban J connectivity index is 1.58. The van der Waals surface area contributed by atoms with E-state index in [2.05, 4.69) is 15.6 Å². The fourth-order valence-corrected chi connectivity index (χ4v) is 5.34. The van der Waals surface area contributed by atoms with E-state index in [1.54, 1.807) is 20.3 Å². The number of nitrogens with one attached hydrogen (secondary N) is 2. The number of aromatic nitrogens is 2. The number of nitrogens with zero attached hydrogens (tertiary/aromatic N) is 2. The number of pyridine rings is 2.